The molecule has 3 saturated carbocycles. The summed E-state index contributed by atoms with van der Waals surface area (Å²) in [4.78, 5) is 0. The van der Waals surface area contributed by atoms with Gasteiger partial charge in [-0.3, -0.25) is 0 Å². The Morgan fingerprint density at radius 1 is 1.04 bits per heavy atom. The van der Waals surface area contributed by atoms with Gasteiger partial charge in [0.1, 0.15) is 0 Å². The van der Waals surface area contributed by atoms with Crippen molar-refractivity contribution in [2.75, 3.05) is 0 Å². The summed E-state index contributed by atoms with van der Waals surface area (Å²) in [5.41, 5.74) is 2.94. The lowest BCUT2D eigenvalue weighted by Crippen LogP contribution is -2.55. The Morgan fingerprint density at radius 2 is 1.80 bits per heavy atom. The monoisotopic (exact) mass is 345 g/mol. The van der Waals surface area contributed by atoms with Gasteiger partial charge >= 0.3 is 0 Å². The minimum absolute atomic E-state index is 0.135. The van der Waals surface area contributed by atoms with E-state index < -0.39 is 6.85 Å². The van der Waals surface area contributed by atoms with Crippen molar-refractivity contribution in [3.63, 3.8) is 0 Å². The molecule has 0 nitrogen and oxygen atoms in total. The fourth-order valence-electron chi connectivity index (χ4n) is 8.65. The molecule has 4 aliphatic rings. The number of hydrogen-bond acceptors (Lipinski definition) is 0. The summed E-state index contributed by atoms with van der Waals surface area (Å²) >= 11 is 0. The van der Waals surface area contributed by atoms with Gasteiger partial charge < -0.3 is 0 Å². The molecule has 0 aliphatic heterocycles. The second-order valence-electron chi connectivity index (χ2n) is 11.6. The van der Waals surface area contributed by atoms with Crippen LogP contribution in [0.3, 0.4) is 0 Å². The summed E-state index contributed by atoms with van der Waals surface area (Å²) in [5.74, 6) is 1.64. The molecule has 7 atom stereocenters. The average molecular weight is 346 g/mol. The number of rotatable bonds is 1. The van der Waals surface area contributed by atoms with Crippen molar-refractivity contribution in [2.24, 2.45) is 45.3 Å². The first-order chi connectivity index (χ1) is 12.8. The molecule has 4 aliphatic carbocycles. The molecule has 0 aromatic carbocycles. The van der Waals surface area contributed by atoms with Gasteiger partial charge in [0, 0.05) is 4.11 Å². The molecule has 25 heavy (non-hydrogen) atoms. The fraction of sp³-hybridized carbons (Fsp3) is 0.920. The van der Waals surface area contributed by atoms with E-state index in [0.717, 1.165) is 12.3 Å². The molecule has 3 fully saturated rings. The second-order valence-corrected chi connectivity index (χ2v) is 11.6. The Labute approximate surface area is 161 Å². The lowest BCUT2D eigenvalue weighted by atomic mass is 9.41. The first-order valence-corrected chi connectivity index (χ1v) is 11.0. The first-order valence-electron chi connectivity index (χ1n) is 12.5. The fourth-order valence-corrected chi connectivity index (χ4v) is 8.65. The highest BCUT2D eigenvalue weighted by atomic mass is 14.7. The first kappa shape index (κ1) is 14.8. The Hall–Kier alpha value is -0.260. The predicted molar refractivity (Wildman–Crippen MR) is 108 cm³/mol. The molecule has 0 heterocycles. The normalized spacial score (nSPS) is 54.9. The van der Waals surface area contributed by atoms with E-state index >= 15 is 0 Å². The van der Waals surface area contributed by atoms with Gasteiger partial charge in [-0.25, -0.2) is 0 Å². The summed E-state index contributed by atoms with van der Waals surface area (Å²) in [6, 6.07) is 0. The van der Waals surface area contributed by atoms with Crippen molar-refractivity contribution in [3.05, 3.63) is 11.6 Å². The number of allylic oxidation sites excluding steroid dienone is 2. The number of fused-ring (bicyclic) bond motifs is 5. The van der Waals surface area contributed by atoms with E-state index in [-0.39, 0.29) is 16.7 Å². The summed E-state index contributed by atoms with van der Waals surface area (Å²) in [6.45, 7) is 12.7. The van der Waals surface area contributed by atoms with Crippen LogP contribution in [-0.2, 0) is 0 Å². The van der Waals surface area contributed by atoms with Crippen molar-refractivity contribution in [3.8, 4) is 0 Å². The lowest BCUT2D eigenvalue weighted by Gasteiger charge is -2.63. The molecular weight excluding hydrogens is 300 g/mol. The van der Waals surface area contributed by atoms with Crippen LogP contribution in [-0.4, -0.2) is 0 Å². The van der Waals surface area contributed by atoms with E-state index in [1.807, 2.05) is 6.92 Å². The SMILES string of the molecule is [2H]C([2H])([2H])C(C)[C@@H]1CC[C@]2(C)C3=CC[C@H]4C(C)(C)CCC[C@]4(C)[C@H]3CC[C@@]12C. The van der Waals surface area contributed by atoms with E-state index in [9.17, 15) is 0 Å². The zero-order valence-corrected chi connectivity index (χ0v) is 17.5. The van der Waals surface area contributed by atoms with E-state index in [2.05, 4.69) is 40.7 Å². The van der Waals surface area contributed by atoms with Crippen LogP contribution < -0.4 is 0 Å². The highest BCUT2D eigenvalue weighted by Gasteiger charge is 2.64. The summed E-state index contributed by atoms with van der Waals surface area (Å²) in [6.07, 6.45) is 12.8. The van der Waals surface area contributed by atoms with Crippen molar-refractivity contribution in [1.82, 2.24) is 0 Å². The molecule has 0 aromatic rings. The van der Waals surface area contributed by atoms with Gasteiger partial charge in [0.25, 0.3) is 0 Å². The van der Waals surface area contributed by atoms with E-state index in [1.54, 1.807) is 5.57 Å². The van der Waals surface area contributed by atoms with Crippen LogP contribution in [0.5, 0.6) is 0 Å². The van der Waals surface area contributed by atoms with Gasteiger partial charge in [-0.05, 0) is 90.3 Å². The molecule has 0 radical (unpaired) electrons. The van der Waals surface area contributed by atoms with Crippen LogP contribution in [0.2, 0.25) is 0 Å². The van der Waals surface area contributed by atoms with Crippen molar-refractivity contribution in [1.29, 1.82) is 0 Å². The smallest absolute Gasteiger partial charge is 0.0233 e. The average Bonchev–Trinajstić information content (AvgIpc) is 2.84. The molecule has 0 amide bonds. The summed E-state index contributed by atoms with van der Waals surface area (Å²) < 4.78 is 24.2. The molecule has 0 heteroatoms. The summed E-state index contributed by atoms with van der Waals surface area (Å²) in [5, 5.41) is 0. The van der Waals surface area contributed by atoms with Crippen LogP contribution in [0.4, 0.5) is 0 Å². The third-order valence-electron chi connectivity index (χ3n) is 10.2. The molecular formula is C25H42. The van der Waals surface area contributed by atoms with Crippen LogP contribution in [0.25, 0.3) is 0 Å². The van der Waals surface area contributed by atoms with E-state index in [1.165, 1.54) is 44.9 Å². The Morgan fingerprint density at radius 3 is 2.52 bits per heavy atom. The van der Waals surface area contributed by atoms with Crippen molar-refractivity contribution < 1.29 is 4.11 Å². The molecule has 0 aromatic heterocycles. The Bertz CT molecular complexity index is 674. The highest BCUT2D eigenvalue weighted by Crippen LogP contribution is 2.73. The van der Waals surface area contributed by atoms with Crippen LogP contribution in [0.15, 0.2) is 11.6 Å². The topological polar surface area (TPSA) is 0 Å². The zero-order chi connectivity index (χ0) is 20.8. The quantitative estimate of drug-likeness (QED) is 0.428. The van der Waals surface area contributed by atoms with Gasteiger partial charge in [0.15, 0.2) is 0 Å². The lowest BCUT2D eigenvalue weighted by molar-refractivity contribution is -0.0791. The van der Waals surface area contributed by atoms with Crippen LogP contribution in [0.1, 0.15) is 104 Å². The van der Waals surface area contributed by atoms with Crippen LogP contribution in [0, 0.1) is 45.3 Å². The van der Waals surface area contributed by atoms with Crippen molar-refractivity contribution >= 4 is 0 Å². The minimum atomic E-state index is -1.83. The molecule has 0 saturated heterocycles. The van der Waals surface area contributed by atoms with Gasteiger partial charge in [0.05, 0.1) is 0 Å². The zero-order valence-electron chi connectivity index (χ0n) is 20.5. The van der Waals surface area contributed by atoms with Crippen molar-refractivity contribution in [2.45, 2.75) is 99.8 Å². The van der Waals surface area contributed by atoms with E-state index in [0.29, 0.717) is 22.7 Å². The summed E-state index contributed by atoms with van der Waals surface area (Å²) in [7, 11) is 0. The maximum absolute atomic E-state index is 8.06. The highest BCUT2D eigenvalue weighted by molar-refractivity contribution is 5.33. The molecule has 0 spiro atoms. The number of hydrogen-bond donors (Lipinski definition) is 0. The Balaban J connectivity index is 1.73. The third-order valence-corrected chi connectivity index (χ3v) is 10.2. The molecule has 4 rings (SSSR count). The van der Waals surface area contributed by atoms with Gasteiger partial charge in [-0.1, -0.05) is 66.5 Å². The Kier molecular flexibility index (Phi) is 3.18. The van der Waals surface area contributed by atoms with Gasteiger partial charge in [-0.15, -0.1) is 0 Å². The standard InChI is InChI=1S/C25H42/c1-17(2)18-11-15-25(7)20-9-10-21-22(3,4)13-8-14-23(21,5)19(20)12-16-24(18,25)6/h9,17-19,21H,8,10-16H2,1-7H3/t18-,19-,21-,23+,24-,25+/m0/s1/i1D3/t17?,18-,19-,21-,23+,24-,25+. The van der Waals surface area contributed by atoms with Crippen LogP contribution >= 0.6 is 0 Å². The second kappa shape index (κ2) is 5.39. The molecule has 1 unspecified atom stereocenters. The largest absolute Gasteiger partial charge is 0.0841 e. The molecule has 0 N–H and O–H groups in total. The molecule has 0 bridgehead atoms. The predicted octanol–water partition coefficient (Wildman–Crippen LogP) is 7.64. The third kappa shape index (κ3) is 2.18. The molecule has 142 valence electrons. The van der Waals surface area contributed by atoms with E-state index in [4.69, 9.17) is 4.11 Å². The maximum atomic E-state index is 8.06. The van der Waals surface area contributed by atoms with Gasteiger partial charge in [0.2, 0.25) is 0 Å². The minimum Gasteiger partial charge on any atom is -0.0841 e. The maximum Gasteiger partial charge on any atom is 0.0233 e. The van der Waals surface area contributed by atoms with Gasteiger partial charge in [-0.2, -0.15) is 0 Å².